The zero-order valence-electron chi connectivity index (χ0n) is 23.7. The van der Waals surface area contributed by atoms with Crippen molar-refractivity contribution in [2.24, 2.45) is 11.1 Å². The number of thioether (sulfide) groups is 1. The third kappa shape index (κ3) is 5.52. The Hall–Kier alpha value is -3.94. The number of nitrogens with zero attached hydrogens (tertiary/aromatic N) is 4. The smallest absolute Gasteiger partial charge is 0.234 e. The van der Waals surface area contributed by atoms with Crippen molar-refractivity contribution in [1.29, 1.82) is 5.26 Å². The Morgan fingerprint density at radius 2 is 1.88 bits per heavy atom. The van der Waals surface area contributed by atoms with Crippen molar-refractivity contribution in [2.45, 2.75) is 57.7 Å². The second kappa shape index (κ2) is 11.1. The first kappa shape index (κ1) is 28.6. The standard InChI is InChI=1S/C31H32N6O2S2/c1-17-10-8-12-22(19(17)3)34-25(39)16-40-30-36-35-29(41-30)37-23-13-31(4,5)14-24(38)27(23)26(21(15-32)28(37)33)20-11-7-6-9-18(20)2/h6-12,26H,13-14,16,33H2,1-5H3,(H,34,39). The van der Waals surface area contributed by atoms with Gasteiger partial charge >= 0.3 is 0 Å². The van der Waals surface area contributed by atoms with Gasteiger partial charge < -0.3 is 11.1 Å². The predicted octanol–water partition coefficient (Wildman–Crippen LogP) is 6.14. The first-order chi connectivity index (χ1) is 19.5. The van der Waals surface area contributed by atoms with Crippen LogP contribution in [0.25, 0.3) is 0 Å². The van der Waals surface area contributed by atoms with E-state index in [4.69, 9.17) is 5.73 Å². The lowest BCUT2D eigenvalue weighted by Gasteiger charge is -2.42. The predicted molar refractivity (Wildman–Crippen MR) is 163 cm³/mol. The minimum atomic E-state index is -0.536. The number of amides is 1. The second-order valence-corrected chi connectivity index (χ2v) is 13.5. The Kier molecular flexibility index (Phi) is 7.77. The van der Waals surface area contributed by atoms with Crippen molar-refractivity contribution in [2.75, 3.05) is 16.0 Å². The van der Waals surface area contributed by atoms with Gasteiger partial charge in [-0.2, -0.15) is 5.26 Å². The molecule has 1 atom stereocenters. The molecule has 2 aromatic carbocycles. The van der Waals surface area contributed by atoms with Crippen LogP contribution in [-0.4, -0.2) is 27.6 Å². The van der Waals surface area contributed by atoms with E-state index in [1.807, 2.05) is 63.2 Å². The van der Waals surface area contributed by atoms with Crippen molar-refractivity contribution in [3.63, 3.8) is 0 Å². The van der Waals surface area contributed by atoms with E-state index in [1.165, 1.54) is 23.1 Å². The van der Waals surface area contributed by atoms with Gasteiger partial charge in [-0.05, 0) is 60.9 Å². The number of nitrogens with two attached hydrogens (primary N) is 1. The van der Waals surface area contributed by atoms with Crippen molar-refractivity contribution >= 4 is 45.6 Å². The molecule has 1 aliphatic carbocycles. The topological polar surface area (TPSA) is 125 Å². The summed E-state index contributed by atoms with van der Waals surface area (Å²) in [6.45, 7) is 10.1. The summed E-state index contributed by atoms with van der Waals surface area (Å²) in [6, 6.07) is 15.9. The Balaban J connectivity index is 1.47. The van der Waals surface area contributed by atoms with Gasteiger partial charge in [0.15, 0.2) is 10.1 Å². The summed E-state index contributed by atoms with van der Waals surface area (Å²) in [5.74, 6) is -0.254. The van der Waals surface area contributed by atoms with Crippen LogP contribution >= 0.6 is 23.1 Å². The molecule has 0 fully saturated rings. The fraction of sp³-hybridized carbons (Fsp3) is 0.323. The fourth-order valence-electron chi connectivity index (χ4n) is 5.50. The van der Waals surface area contributed by atoms with Gasteiger partial charge in [0.1, 0.15) is 5.82 Å². The number of benzene rings is 2. The van der Waals surface area contributed by atoms with Gasteiger partial charge in [-0.1, -0.05) is 73.3 Å². The van der Waals surface area contributed by atoms with Gasteiger partial charge in [-0.3, -0.25) is 14.5 Å². The van der Waals surface area contributed by atoms with Gasteiger partial charge in [0.25, 0.3) is 0 Å². The number of carbonyl (C=O) groups is 2. The SMILES string of the molecule is Cc1ccccc1C1C(C#N)=C(N)N(c2nnc(SCC(=O)Nc3cccc(C)c3C)s2)C2=C1C(=O)CC(C)(C)C2. The highest BCUT2D eigenvalue weighted by Crippen LogP contribution is 2.51. The Labute approximate surface area is 248 Å². The molecule has 1 amide bonds. The second-order valence-electron chi connectivity index (χ2n) is 11.3. The number of nitrogens with one attached hydrogen (secondary N) is 1. The number of rotatable bonds is 6. The quantitative estimate of drug-likeness (QED) is 0.331. The number of allylic oxidation sites excluding steroid dienone is 3. The minimum Gasteiger partial charge on any atom is -0.384 e. The first-order valence-corrected chi connectivity index (χ1v) is 15.1. The molecule has 0 bridgehead atoms. The number of aromatic nitrogens is 2. The molecule has 0 radical (unpaired) electrons. The van der Waals surface area contributed by atoms with Crippen LogP contribution < -0.4 is 16.0 Å². The van der Waals surface area contributed by atoms with Gasteiger partial charge in [0.2, 0.25) is 11.0 Å². The molecule has 0 saturated heterocycles. The lowest BCUT2D eigenvalue weighted by atomic mass is 9.68. The highest BCUT2D eigenvalue weighted by atomic mass is 32.2. The lowest BCUT2D eigenvalue weighted by molar-refractivity contribution is -0.118. The molecule has 0 spiro atoms. The van der Waals surface area contributed by atoms with Gasteiger partial charge in [-0.15, -0.1) is 10.2 Å². The number of hydrogen-bond acceptors (Lipinski definition) is 9. The van der Waals surface area contributed by atoms with Crippen LogP contribution in [0.1, 0.15) is 54.9 Å². The third-order valence-electron chi connectivity index (χ3n) is 7.67. The lowest BCUT2D eigenvalue weighted by Crippen LogP contribution is -2.42. The number of aryl methyl sites for hydroxylation is 2. The van der Waals surface area contributed by atoms with E-state index in [-0.39, 0.29) is 28.7 Å². The van der Waals surface area contributed by atoms with Crippen LogP contribution in [0.2, 0.25) is 0 Å². The normalized spacial score (nSPS) is 18.3. The first-order valence-electron chi connectivity index (χ1n) is 13.3. The molecule has 41 heavy (non-hydrogen) atoms. The summed E-state index contributed by atoms with van der Waals surface area (Å²) in [5, 5.41) is 22.5. The van der Waals surface area contributed by atoms with Crippen LogP contribution in [-0.2, 0) is 9.59 Å². The summed E-state index contributed by atoms with van der Waals surface area (Å²) in [7, 11) is 0. The van der Waals surface area contributed by atoms with E-state index in [2.05, 4.69) is 35.4 Å². The number of carbonyl (C=O) groups excluding carboxylic acids is 2. The molecule has 210 valence electrons. The molecular weight excluding hydrogens is 553 g/mol. The number of anilines is 2. The van der Waals surface area contributed by atoms with Crippen molar-refractivity contribution in [1.82, 2.24) is 10.2 Å². The van der Waals surface area contributed by atoms with Gasteiger partial charge in [-0.25, -0.2) is 0 Å². The van der Waals surface area contributed by atoms with E-state index in [0.717, 1.165) is 33.6 Å². The minimum absolute atomic E-state index is 0.0111. The monoisotopic (exact) mass is 584 g/mol. The maximum Gasteiger partial charge on any atom is 0.234 e. The summed E-state index contributed by atoms with van der Waals surface area (Å²) >= 11 is 2.57. The molecule has 2 aliphatic rings. The summed E-state index contributed by atoms with van der Waals surface area (Å²) in [4.78, 5) is 28.1. The largest absolute Gasteiger partial charge is 0.384 e. The van der Waals surface area contributed by atoms with E-state index < -0.39 is 5.92 Å². The molecular formula is C31H32N6O2S2. The molecule has 3 aromatic rings. The zero-order valence-corrected chi connectivity index (χ0v) is 25.4. The molecule has 0 saturated carbocycles. The van der Waals surface area contributed by atoms with E-state index in [0.29, 0.717) is 33.5 Å². The molecule has 1 unspecified atom stereocenters. The Morgan fingerprint density at radius 1 is 1.15 bits per heavy atom. The van der Waals surface area contributed by atoms with Crippen LogP contribution in [0.3, 0.4) is 0 Å². The molecule has 10 heteroatoms. The van der Waals surface area contributed by atoms with Crippen LogP contribution in [0.15, 0.2) is 69.5 Å². The average Bonchev–Trinajstić information content (AvgIpc) is 3.37. The van der Waals surface area contributed by atoms with Gasteiger partial charge in [0, 0.05) is 23.4 Å². The van der Waals surface area contributed by atoms with Crippen LogP contribution in [0.4, 0.5) is 10.8 Å². The van der Waals surface area contributed by atoms with Gasteiger partial charge in [0.05, 0.1) is 23.3 Å². The van der Waals surface area contributed by atoms with E-state index >= 15 is 0 Å². The van der Waals surface area contributed by atoms with E-state index in [9.17, 15) is 14.9 Å². The van der Waals surface area contributed by atoms with Crippen molar-refractivity contribution in [3.8, 4) is 6.07 Å². The Bertz CT molecular complexity index is 1660. The maximum absolute atomic E-state index is 13.7. The molecule has 5 rings (SSSR count). The summed E-state index contributed by atoms with van der Waals surface area (Å²) in [6.07, 6.45) is 0.976. The number of hydrogen-bond donors (Lipinski definition) is 2. The number of nitriles is 1. The number of ketones is 1. The molecule has 1 aromatic heterocycles. The maximum atomic E-state index is 13.7. The molecule has 3 N–H and O–H groups in total. The highest BCUT2D eigenvalue weighted by Gasteiger charge is 2.45. The Morgan fingerprint density at radius 3 is 2.61 bits per heavy atom. The summed E-state index contributed by atoms with van der Waals surface area (Å²) in [5.41, 5.74) is 12.9. The summed E-state index contributed by atoms with van der Waals surface area (Å²) < 4.78 is 0.590. The van der Waals surface area contributed by atoms with Crippen molar-refractivity contribution < 1.29 is 9.59 Å². The van der Waals surface area contributed by atoms with Crippen molar-refractivity contribution in [3.05, 3.63) is 87.4 Å². The van der Waals surface area contributed by atoms with Crippen LogP contribution in [0.5, 0.6) is 0 Å². The molecule has 1 aliphatic heterocycles. The average molecular weight is 585 g/mol. The fourth-order valence-corrected chi connectivity index (χ4v) is 7.18. The molecule has 2 heterocycles. The zero-order chi connectivity index (χ0) is 29.5. The van der Waals surface area contributed by atoms with E-state index in [1.54, 1.807) is 4.90 Å². The molecule has 8 nitrogen and oxygen atoms in total. The van der Waals surface area contributed by atoms with Crippen LogP contribution in [0, 0.1) is 37.5 Å². The highest BCUT2D eigenvalue weighted by molar-refractivity contribution is 8.01. The third-order valence-corrected chi connectivity index (χ3v) is 9.71. The number of Topliss-reactive ketones (excluding diaryl/α,β-unsaturated/α-hetero) is 1.